The highest BCUT2D eigenvalue weighted by atomic mass is 16.6. The minimum Gasteiger partial charge on any atom is -0.462 e. The van der Waals surface area contributed by atoms with Crippen LogP contribution < -0.4 is 0 Å². The predicted octanol–water partition coefficient (Wildman–Crippen LogP) is 21.4. The van der Waals surface area contributed by atoms with E-state index in [9.17, 15) is 14.4 Å². The minimum atomic E-state index is -0.788. The summed E-state index contributed by atoms with van der Waals surface area (Å²) in [6.07, 6.45) is 85.3. The van der Waals surface area contributed by atoms with Gasteiger partial charge in [-0.2, -0.15) is 0 Å². The van der Waals surface area contributed by atoms with Gasteiger partial charge in [0.15, 0.2) is 6.10 Å². The van der Waals surface area contributed by atoms with Gasteiger partial charge in [-0.05, 0) is 122 Å². The number of hydrogen-bond donors (Lipinski definition) is 0. The van der Waals surface area contributed by atoms with E-state index < -0.39 is 6.10 Å². The molecule has 0 saturated heterocycles. The van der Waals surface area contributed by atoms with E-state index in [4.69, 9.17) is 14.2 Å². The fraction of sp³-hybridized carbons (Fsp3) is 0.696. The molecule has 0 heterocycles. The van der Waals surface area contributed by atoms with Gasteiger partial charge in [0.1, 0.15) is 13.2 Å². The van der Waals surface area contributed by atoms with E-state index in [1.54, 1.807) is 0 Å². The van der Waals surface area contributed by atoms with Crippen LogP contribution in [0.3, 0.4) is 0 Å². The zero-order valence-electron chi connectivity index (χ0n) is 49.0. The van der Waals surface area contributed by atoms with Crippen LogP contribution in [-0.2, 0) is 28.6 Å². The average Bonchev–Trinajstić information content (AvgIpc) is 3.41. The molecule has 0 spiro atoms. The van der Waals surface area contributed by atoms with E-state index in [-0.39, 0.29) is 31.1 Å². The first kappa shape index (κ1) is 71.1. The molecule has 0 aliphatic rings. The van der Waals surface area contributed by atoms with Crippen molar-refractivity contribution in [3.05, 3.63) is 109 Å². The van der Waals surface area contributed by atoms with E-state index in [0.29, 0.717) is 19.3 Å². The lowest BCUT2D eigenvalue weighted by molar-refractivity contribution is -0.167. The minimum absolute atomic E-state index is 0.0863. The van der Waals surface area contributed by atoms with Gasteiger partial charge in [0, 0.05) is 19.3 Å². The Labute approximate surface area is 463 Å². The normalized spacial score (nSPS) is 12.8. The number of rotatable bonds is 56. The standard InChI is InChI=1S/C69H116O6/c1-4-7-10-13-16-19-22-24-26-28-30-31-32-33-34-35-36-37-38-39-40-42-43-45-47-50-53-56-59-62-68(71)74-65-66(64-73-67(70)61-58-55-52-49-21-18-15-12-9-6-3)75-69(72)63-60-57-54-51-48-46-44-41-29-27-25-23-20-17-14-11-8-5-2/h7,10,12,15-16,19-20,23-24,26-27,29-31,33-34,36-37,66H,4-6,8-9,11,13-14,17-18,21-22,25,28,32,35,38-65H2,1-3H3/b10-7-,15-12-,19-16-,23-20-,26-24-,29-27-,31-30-,34-33-,37-36-. The second-order valence-corrected chi connectivity index (χ2v) is 20.6. The average molecular weight is 1040 g/mol. The largest absolute Gasteiger partial charge is 0.462 e. The number of allylic oxidation sites excluding steroid dienone is 18. The van der Waals surface area contributed by atoms with Crippen molar-refractivity contribution < 1.29 is 28.6 Å². The molecule has 0 rings (SSSR count). The fourth-order valence-corrected chi connectivity index (χ4v) is 8.54. The maximum Gasteiger partial charge on any atom is 0.306 e. The van der Waals surface area contributed by atoms with Gasteiger partial charge in [0.25, 0.3) is 0 Å². The van der Waals surface area contributed by atoms with Crippen molar-refractivity contribution in [3.8, 4) is 0 Å². The van der Waals surface area contributed by atoms with E-state index in [1.807, 2.05) is 0 Å². The summed E-state index contributed by atoms with van der Waals surface area (Å²) in [7, 11) is 0. The van der Waals surface area contributed by atoms with Crippen LogP contribution in [0, 0.1) is 0 Å². The molecule has 0 saturated carbocycles. The van der Waals surface area contributed by atoms with Crippen molar-refractivity contribution in [3.63, 3.8) is 0 Å². The van der Waals surface area contributed by atoms with Crippen LogP contribution in [-0.4, -0.2) is 37.2 Å². The second kappa shape index (κ2) is 62.6. The van der Waals surface area contributed by atoms with Crippen LogP contribution in [0.2, 0.25) is 0 Å². The quantitative estimate of drug-likeness (QED) is 0.0261. The molecule has 6 heteroatoms. The first-order valence-corrected chi connectivity index (χ1v) is 31.4. The number of ether oxygens (including phenoxy) is 3. The Morgan fingerprint density at radius 3 is 0.880 bits per heavy atom. The number of carbonyl (C=O) groups excluding carboxylic acids is 3. The van der Waals surface area contributed by atoms with Gasteiger partial charge in [-0.25, -0.2) is 0 Å². The Morgan fingerprint density at radius 1 is 0.280 bits per heavy atom. The lowest BCUT2D eigenvalue weighted by Crippen LogP contribution is -2.30. The molecule has 0 amide bonds. The Hall–Kier alpha value is -3.93. The van der Waals surface area contributed by atoms with Gasteiger partial charge in [0.05, 0.1) is 0 Å². The van der Waals surface area contributed by atoms with Crippen molar-refractivity contribution in [2.24, 2.45) is 0 Å². The molecule has 0 N–H and O–H groups in total. The number of carbonyl (C=O) groups is 3. The molecule has 6 nitrogen and oxygen atoms in total. The SMILES string of the molecule is CC/C=C\C/C=C\C/C=C\C/C=C\C/C=C\C/C=C\CCCCCCCCCCCCC(=O)OCC(COC(=O)CCCCCCC/C=C\CCC)OC(=O)CCCCCCCCC/C=C\C/C=C\CCCCCC. The summed E-state index contributed by atoms with van der Waals surface area (Å²) >= 11 is 0. The van der Waals surface area contributed by atoms with E-state index in [1.165, 1.54) is 122 Å². The topological polar surface area (TPSA) is 78.9 Å². The number of hydrogen-bond acceptors (Lipinski definition) is 6. The van der Waals surface area contributed by atoms with Gasteiger partial charge >= 0.3 is 17.9 Å². The maximum absolute atomic E-state index is 12.9. The van der Waals surface area contributed by atoms with E-state index in [2.05, 4.69) is 130 Å². The summed E-state index contributed by atoms with van der Waals surface area (Å²) in [6.45, 7) is 6.44. The number of esters is 3. The molecule has 0 aromatic carbocycles. The van der Waals surface area contributed by atoms with Crippen LogP contribution in [0.1, 0.15) is 290 Å². The van der Waals surface area contributed by atoms with Gasteiger partial charge in [0.2, 0.25) is 0 Å². The van der Waals surface area contributed by atoms with Crippen molar-refractivity contribution in [2.75, 3.05) is 13.2 Å². The maximum atomic E-state index is 12.9. The summed E-state index contributed by atoms with van der Waals surface area (Å²) in [5, 5.41) is 0. The Balaban J connectivity index is 4.25. The third-order valence-corrected chi connectivity index (χ3v) is 13.2. The first-order valence-electron chi connectivity index (χ1n) is 31.4. The van der Waals surface area contributed by atoms with Crippen molar-refractivity contribution in [2.45, 2.75) is 297 Å². The highest BCUT2D eigenvalue weighted by molar-refractivity contribution is 5.71. The first-order chi connectivity index (χ1) is 37.0. The Bertz CT molecular complexity index is 1520. The fourth-order valence-electron chi connectivity index (χ4n) is 8.54. The molecule has 0 aliphatic heterocycles. The van der Waals surface area contributed by atoms with Gasteiger partial charge in [-0.15, -0.1) is 0 Å². The van der Waals surface area contributed by atoms with E-state index in [0.717, 1.165) is 128 Å². The zero-order chi connectivity index (χ0) is 54.3. The summed E-state index contributed by atoms with van der Waals surface area (Å²) < 4.78 is 16.9. The van der Waals surface area contributed by atoms with Gasteiger partial charge in [-0.1, -0.05) is 259 Å². The smallest absolute Gasteiger partial charge is 0.306 e. The highest BCUT2D eigenvalue weighted by Gasteiger charge is 2.19. The van der Waals surface area contributed by atoms with Crippen LogP contribution >= 0.6 is 0 Å². The molecule has 0 aliphatic carbocycles. The molecular formula is C69H116O6. The molecule has 75 heavy (non-hydrogen) atoms. The molecule has 428 valence electrons. The molecule has 0 radical (unpaired) electrons. The lowest BCUT2D eigenvalue weighted by Gasteiger charge is -2.18. The molecule has 0 bridgehead atoms. The highest BCUT2D eigenvalue weighted by Crippen LogP contribution is 2.15. The second-order valence-electron chi connectivity index (χ2n) is 20.6. The van der Waals surface area contributed by atoms with E-state index >= 15 is 0 Å². The predicted molar refractivity (Wildman–Crippen MR) is 325 cm³/mol. The molecular weight excluding hydrogens is 925 g/mol. The van der Waals surface area contributed by atoms with Crippen molar-refractivity contribution in [1.82, 2.24) is 0 Å². The third kappa shape index (κ3) is 60.8. The Morgan fingerprint density at radius 2 is 0.547 bits per heavy atom. The van der Waals surface area contributed by atoms with Crippen LogP contribution in [0.4, 0.5) is 0 Å². The summed E-state index contributed by atoms with van der Waals surface area (Å²) in [5.41, 5.74) is 0. The summed E-state index contributed by atoms with van der Waals surface area (Å²) in [6, 6.07) is 0. The summed E-state index contributed by atoms with van der Waals surface area (Å²) in [4.78, 5) is 38.2. The molecule has 0 fully saturated rings. The summed E-state index contributed by atoms with van der Waals surface area (Å²) in [5.74, 6) is -0.905. The molecule has 0 aromatic rings. The zero-order valence-corrected chi connectivity index (χ0v) is 49.0. The molecule has 1 atom stereocenters. The van der Waals surface area contributed by atoms with Crippen LogP contribution in [0.25, 0.3) is 0 Å². The van der Waals surface area contributed by atoms with Gasteiger partial charge in [-0.3, -0.25) is 14.4 Å². The van der Waals surface area contributed by atoms with Crippen LogP contribution in [0.5, 0.6) is 0 Å². The molecule has 1 unspecified atom stereocenters. The van der Waals surface area contributed by atoms with Crippen molar-refractivity contribution >= 4 is 17.9 Å². The Kier molecular flexibility index (Phi) is 59.3. The van der Waals surface area contributed by atoms with Crippen LogP contribution in [0.15, 0.2) is 109 Å². The third-order valence-electron chi connectivity index (χ3n) is 13.2. The van der Waals surface area contributed by atoms with Crippen molar-refractivity contribution in [1.29, 1.82) is 0 Å². The number of unbranched alkanes of at least 4 members (excludes halogenated alkanes) is 27. The monoisotopic (exact) mass is 1040 g/mol. The molecule has 0 aromatic heterocycles. The van der Waals surface area contributed by atoms with Gasteiger partial charge < -0.3 is 14.2 Å². The lowest BCUT2D eigenvalue weighted by atomic mass is 10.1.